The number of nitrogens with one attached hydrogen (secondary N) is 1. The molecule has 6 heteroatoms. The van der Waals surface area contributed by atoms with Crippen LogP contribution in [0.5, 0.6) is 0 Å². The van der Waals surface area contributed by atoms with Crippen molar-refractivity contribution in [2.45, 2.75) is 44.1 Å². The first-order valence-electron chi connectivity index (χ1n) is 11.8. The third-order valence-electron chi connectivity index (χ3n) is 7.31. The fourth-order valence-electron chi connectivity index (χ4n) is 6.07. The molecule has 29 heavy (non-hydrogen) atoms. The molecule has 4 heterocycles. The third kappa shape index (κ3) is 3.59. The first kappa shape index (κ1) is 19.8. The second kappa shape index (κ2) is 8.90. The van der Waals surface area contributed by atoms with Gasteiger partial charge in [-0.15, -0.1) is 0 Å². The van der Waals surface area contributed by atoms with Crippen LogP contribution in [0.25, 0.3) is 0 Å². The monoisotopic (exact) mass is 399 g/mol. The quantitative estimate of drug-likeness (QED) is 0.834. The molecule has 0 saturated carbocycles. The van der Waals surface area contributed by atoms with E-state index in [1.54, 1.807) is 0 Å². The normalized spacial score (nSPS) is 33.2. The highest BCUT2D eigenvalue weighted by Gasteiger charge is 2.57. The minimum atomic E-state index is -0.145. The maximum atomic E-state index is 5.81. The van der Waals surface area contributed by atoms with E-state index in [2.05, 4.69) is 55.2 Å². The number of hydrogen-bond acceptors (Lipinski definition) is 6. The smallest absolute Gasteiger partial charge is 0.181 e. The number of ether oxygens (including phenoxy) is 1. The molecule has 0 aliphatic carbocycles. The van der Waals surface area contributed by atoms with Crippen molar-refractivity contribution in [1.29, 1.82) is 0 Å². The number of para-hydroxylation sites is 1. The molecule has 4 aliphatic rings. The Kier molecular flexibility index (Phi) is 6.07. The maximum absolute atomic E-state index is 5.81. The van der Waals surface area contributed by atoms with Gasteiger partial charge in [0.25, 0.3) is 0 Å². The topological polar surface area (TPSA) is 34.2 Å². The Bertz CT molecular complexity index is 620. The van der Waals surface area contributed by atoms with Gasteiger partial charge in [0.2, 0.25) is 0 Å². The van der Waals surface area contributed by atoms with Crippen molar-refractivity contribution >= 4 is 5.69 Å². The van der Waals surface area contributed by atoms with Crippen LogP contribution in [0.2, 0.25) is 0 Å². The lowest BCUT2D eigenvalue weighted by atomic mass is 9.98. The predicted molar refractivity (Wildman–Crippen MR) is 117 cm³/mol. The summed E-state index contributed by atoms with van der Waals surface area (Å²) in [5, 5.41) is 4.01. The Balaban J connectivity index is 1.63. The summed E-state index contributed by atoms with van der Waals surface area (Å²) in [6.07, 6.45) is 6.95. The van der Waals surface area contributed by atoms with Crippen molar-refractivity contribution in [3.05, 3.63) is 30.3 Å². The molecule has 4 saturated heterocycles. The van der Waals surface area contributed by atoms with Crippen LogP contribution in [-0.4, -0.2) is 92.2 Å². The zero-order valence-electron chi connectivity index (χ0n) is 17.8. The van der Waals surface area contributed by atoms with Gasteiger partial charge in [-0.05, 0) is 50.9 Å². The van der Waals surface area contributed by atoms with Crippen LogP contribution < -0.4 is 10.2 Å². The van der Waals surface area contributed by atoms with Crippen LogP contribution in [0.1, 0.15) is 32.1 Å². The van der Waals surface area contributed by atoms with Crippen molar-refractivity contribution in [2.24, 2.45) is 0 Å². The van der Waals surface area contributed by atoms with Gasteiger partial charge in [-0.3, -0.25) is 20.0 Å². The minimum Gasteiger partial charge on any atom is -0.379 e. The molecule has 0 amide bonds. The summed E-state index contributed by atoms with van der Waals surface area (Å²) in [4.78, 5) is 11.1. The van der Waals surface area contributed by atoms with E-state index < -0.39 is 0 Å². The summed E-state index contributed by atoms with van der Waals surface area (Å²) in [6, 6.07) is 11.2. The molecule has 2 atom stereocenters. The van der Waals surface area contributed by atoms with Crippen LogP contribution in [0.15, 0.2) is 30.3 Å². The number of piperazine rings is 1. The van der Waals surface area contributed by atoms with Crippen LogP contribution in [0, 0.1) is 0 Å². The minimum absolute atomic E-state index is 0.145. The molecule has 1 aromatic carbocycles. The molecule has 1 N–H and O–H groups in total. The summed E-state index contributed by atoms with van der Waals surface area (Å²) in [5.74, 6) is -0.145. The molecule has 4 aliphatic heterocycles. The second-order valence-corrected chi connectivity index (χ2v) is 8.92. The number of morpholine rings is 1. The molecular weight excluding hydrogens is 362 g/mol. The zero-order valence-corrected chi connectivity index (χ0v) is 17.8. The lowest BCUT2D eigenvalue weighted by Gasteiger charge is -2.65. The van der Waals surface area contributed by atoms with Gasteiger partial charge < -0.3 is 9.64 Å². The van der Waals surface area contributed by atoms with Gasteiger partial charge in [0.1, 0.15) is 6.17 Å². The number of likely N-dealkylation sites (tertiary alicyclic amines) is 2. The van der Waals surface area contributed by atoms with Crippen LogP contribution in [0.3, 0.4) is 0 Å². The molecule has 160 valence electrons. The van der Waals surface area contributed by atoms with Gasteiger partial charge >= 0.3 is 0 Å². The highest BCUT2D eigenvalue weighted by atomic mass is 16.5. The lowest BCUT2D eigenvalue weighted by molar-refractivity contribution is -0.161. The van der Waals surface area contributed by atoms with Crippen molar-refractivity contribution in [3.8, 4) is 0 Å². The first-order chi connectivity index (χ1) is 14.4. The van der Waals surface area contributed by atoms with E-state index in [9.17, 15) is 0 Å². The lowest BCUT2D eigenvalue weighted by Crippen LogP contribution is -2.85. The van der Waals surface area contributed by atoms with Crippen molar-refractivity contribution in [1.82, 2.24) is 20.0 Å². The number of benzene rings is 1. The fraction of sp³-hybridized carbons (Fsp3) is 0.739. The Morgan fingerprint density at radius 1 is 0.759 bits per heavy atom. The summed E-state index contributed by atoms with van der Waals surface area (Å²) < 4.78 is 5.81. The van der Waals surface area contributed by atoms with Crippen LogP contribution >= 0.6 is 0 Å². The Morgan fingerprint density at radius 2 is 1.41 bits per heavy atom. The van der Waals surface area contributed by atoms with E-state index in [4.69, 9.17) is 4.74 Å². The number of rotatable bonds is 4. The maximum Gasteiger partial charge on any atom is 0.181 e. The summed E-state index contributed by atoms with van der Waals surface area (Å²) >= 11 is 0. The number of hydrogen-bond donors (Lipinski definition) is 1. The molecule has 0 bridgehead atoms. The molecule has 1 aromatic rings. The van der Waals surface area contributed by atoms with Gasteiger partial charge in [-0.2, -0.15) is 0 Å². The Morgan fingerprint density at radius 3 is 2.14 bits per heavy atom. The van der Waals surface area contributed by atoms with E-state index in [-0.39, 0.29) is 5.79 Å². The SMILES string of the molecule is c1ccc(N2CCNC(N3CCCC3)C2(N2CCCCC2)N2CCOCC2)cc1. The highest BCUT2D eigenvalue weighted by molar-refractivity contribution is 5.50. The van der Waals surface area contributed by atoms with Crippen LogP contribution in [0.4, 0.5) is 5.69 Å². The third-order valence-corrected chi connectivity index (χ3v) is 7.31. The number of nitrogens with zero attached hydrogens (tertiary/aromatic N) is 4. The number of piperidine rings is 1. The summed E-state index contributed by atoms with van der Waals surface area (Å²) in [6.45, 7) is 10.6. The fourth-order valence-corrected chi connectivity index (χ4v) is 6.07. The molecule has 5 rings (SSSR count). The molecule has 2 unspecified atom stereocenters. The highest BCUT2D eigenvalue weighted by Crippen LogP contribution is 2.39. The van der Waals surface area contributed by atoms with Crippen LogP contribution in [-0.2, 0) is 4.74 Å². The molecule has 6 nitrogen and oxygen atoms in total. The van der Waals surface area contributed by atoms with Gasteiger partial charge in [0.05, 0.1) is 13.2 Å². The summed E-state index contributed by atoms with van der Waals surface area (Å²) in [5.41, 5.74) is 1.36. The first-order valence-corrected chi connectivity index (χ1v) is 11.8. The molecule has 0 spiro atoms. The Labute approximate surface area is 175 Å². The van der Waals surface area contributed by atoms with E-state index in [0.717, 1.165) is 39.4 Å². The average molecular weight is 400 g/mol. The van der Waals surface area contributed by atoms with Crippen molar-refractivity contribution < 1.29 is 4.74 Å². The van der Waals surface area contributed by atoms with Gasteiger partial charge in [0, 0.05) is 45.0 Å². The van der Waals surface area contributed by atoms with E-state index in [0.29, 0.717) is 6.17 Å². The van der Waals surface area contributed by atoms with Crippen molar-refractivity contribution in [3.63, 3.8) is 0 Å². The van der Waals surface area contributed by atoms with E-state index in [1.165, 1.54) is 64.0 Å². The standard InChI is InChI=1S/C23H37N5O/c1-3-9-21(10-4-1)28-16-11-24-22(25-12-7-8-13-25)23(28,26-14-5-2-6-15-26)27-17-19-29-20-18-27/h1,3-4,9-10,22,24H,2,5-8,11-20H2. The summed E-state index contributed by atoms with van der Waals surface area (Å²) in [7, 11) is 0. The average Bonchev–Trinajstić information content (AvgIpc) is 3.35. The predicted octanol–water partition coefficient (Wildman–Crippen LogP) is 1.99. The molecular formula is C23H37N5O. The molecule has 0 aromatic heterocycles. The molecule has 4 fully saturated rings. The van der Waals surface area contributed by atoms with Gasteiger partial charge in [-0.25, -0.2) is 0 Å². The van der Waals surface area contributed by atoms with Gasteiger partial charge in [-0.1, -0.05) is 24.6 Å². The Hall–Kier alpha value is -1.18. The van der Waals surface area contributed by atoms with Gasteiger partial charge in [0.15, 0.2) is 5.79 Å². The number of anilines is 1. The van der Waals surface area contributed by atoms with E-state index >= 15 is 0 Å². The van der Waals surface area contributed by atoms with Crippen molar-refractivity contribution in [2.75, 3.05) is 70.5 Å². The van der Waals surface area contributed by atoms with E-state index in [1.807, 2.05) is 0 Å². The second-order valence-electron chi connectivity index (χ2n) is 8.92. The zero-order chi connectivity index (χ0) is 19.5. The molecule has 0 radical (unpaired) electrons. The largest absolute Gasteiger partial charge is 0.379 e.